The lowest BCUT2D eigenvalue weighted by Gasteiger charge is -2.11. The summed E-state index contributed by atoms with van der Waals surface area (Å²) < 4.78 is 37.8. The summed E-state index contributed by atoms with van der Waals surface area (Å²) in [6, 6.07) is 12.0. The van der Waals surface area contributed by atoms with Crippen LogP contribution in [0, 0.1) is 0 Å². The maximum atomic E-state index is 12.6. The average Bonchev–Trinajstić information content (AvgIpc) is 2.73. The molecule has 0 saturated carbocycles. The Bertz CT molecular complexity index is 1170. The molecule has 0 aliphatic rings. The van der Waals surface area contributed by atoms with Crippen LogP contribution in [0.3, 0.4) is 0 Å². The van der Waals surface area contributed by atoms with E-state index < -0.39 is 15.9 Å². The molecule has 1 amide bonds. The fourth-order valence-corrected chi connectivity index (χ4v) is 3.73. The minimum Gasteiger partial charge on any atom is -0.493 e. The average molecular weight is 448 g/mol. The molecule has 30 heavy (non-hydrogen) atoms. The molecule has 0 radical (unpaired) electrons. The van der Waals surface area contributed by atoms with E-state index in [0.717, 1.165) is 0 Å². The van der Waals surface area contributed by atoms with Gasteiger partial charge in [-0.15, -0.1) is 0 Å². The van der Waals surface area contributed by atoms with Gasteiger partial charge in [0.15, 0.2) is 11.5 Å². The van der Waals surface area contributed by atoms with Crippen LogP contribution in [-0.4, -0.2) is 33.5 Å². The second-order valence-electron chi connectivity index (χ2n) is 6.05. The first-order valence-corrected chi connectivity index (χ1v) is 10.5. The van der Waals surface area contributed by atoms with E-state index >= 15 is 0 Å². The Balaban J connectivity index is 1.78. The maximum absolute atomic E-state index is 12.6. The van der Waals surface area contributed by atoms with Crippen LogP contribution < -0.4 is 19.5 Å². The van der Waals surface area contributed by atoms with Crippen molar-refractivity contribution in [1.82, 2.24) is 4.98 Å². The van der Waals surface area contributed by atoms with Crippen molar-refractivity contribution in [3.05, 3.63) is 71.5 Å². The van der Waals surface area contributed by atoms with Gasteiger partial charge in [0, 0.05) is 23.0 Å². The Morgan fingerprint density at radius 1 is 0.933 bits per heavy atom. The number of nitrogens with zero attached hydrogens (tertiary/aromatic N) is 1. The van der Waals surface area contributed by atoms with Crippen molar-refractivity contribution in [2.45, 2.75) is 4.90 Å². The summed E-state index contributed by atoms with van der Waals surface area (Å²) >= 11 is 5.80. The third-order valence-corrected chi connectivity index (χ3v) is 5.67. The predicted octanol–water partition coefficient (Wildman–Crippen LogP) is 3.81. The van der Waals surface area contributed by atoms with E-state index in [9.17, 15) is 13.2 Å². The quantitative estimate of drug-likeness (QED) is 0.570. The fraction of sp³-hybridized carbons (Fsp3) is 0.100. The number of pyridine rings is 1. The number of hydrogen-bond acceptors (Lipinski definition) is 6. The first-order chi connectivity index (χ1) is 14.3. The second-order valence-corrected chi connectivity index (χ2v) is 8.16. The van der Waals surface area contributed by atoms with E-state index in [1.807, 2.05) is 0 Å². The van der Waals surface area contributed by atoms with Crippen molar-refractivity contribution in [1.29, 1.82) is 0 Å². The van der Waals surface area contributed by atoms with Gasteiger partial charge < -0.3 is 14.8 Å². The SMILES string of the molecule is COc1ccc(NC(=O)c2cncc(NS(=O)(=O)c3ccc(Cl)cc3)c2)cc1OC. The third-order valence-electron chi connectivity index (χ3n) is 4.02. The number of methoxy groups -OCH3 is 2. The molecule has 0 atom stereocenters. The molecule has 2 aromatic carbocycles. The van der Waals surface area contributed by atoms with Crippen molar-refractivity contribution in [2.75, 3.05) is 24.3 Å². The van der Waals surface area contributed by atoms with Crippen LogP contribution in [-0.2, 0) is 10.0 Å². The zero-order chi connectivity index (χ0) is 21.7. The number of ether oxygens (including phenoxy) is 2. The van der Waals surface area contributed by atoms with Crippen molar-refractivity contribution in [2.24, 2.45) is 0 Å². The fourth-order valence-electron chi connectivity index (χ4n) is 2.56. The van der Waals surface area contributed by atoms with Crippen molar-refractivity contribution >= 4 is 38.9 Å². The Morgan fingerprint density at radius 2 is 1.63 bits per heavy atom. The van der Waals surface area contributed by atoms with Gasteiger partial charge in [-0.3, -0.25) is 14.5 Å². The molecule has 8 nitrogen and oxygen atoms in total. The number of carbonyl (C=O) groups excluding carboxylic acids is 1. The highest BCUT2D eigenvalue weighted by atomic mass is 35.5. The highest BCUT2D eigenvalue weighted by Gasteiger charge is 2.16. The molecule has 1 aromatic heterocycles. The smallest absolute Gasteiger partial charge is 0.261 e. The van der Waals surface area contributed by atoms with E-state index in [0.29, 0.717) is 22.2 Å². The Hall–Kier alpha value is -3.30. The van der Waals surface area contributed by atoms with Gasteiger partial charge in [-0.25, -0.2) is 8.42 Å². The number of benzene rings is 2. The summed E-state index contributed by atoms with van der Waals surface area (Å²) in [7, 11) is -0.857. The third kappa shape index (κ3) is 5.00. The summed E-state index contributed by atoms with van der Waals surface area (Å²) in [4.78, 5) is 16.6. The number of anilines is 2. The molecular weight excluding hydrogens is 430 g/mol. The van der Waals surface area contributed by atoms with E-state index in [1.165, 1.54) is 56.9 Å². The number of carbonyl (C=O) groups is 1. The highest BCUT2D eigenvalue weighted by molar-refractivity contribution is 7.92. The summed E-state index contributed by atoms with van der Waals surface area (Å²) in [5.74, 6) is 0.510. The normalized spacial score (nSPS) is 10.9. The molecule has 3 aromatic rings. The number of sulfonamides is 1. The van der Waals surface area contributed by atoms with Gasteiger partial charge in [-0.2, -0.15) is 0 Å². The van der Waals surface area contributed by atoms with Crippen molar-refractivity contribution in [3.63, 3.8) is 0 Å². The molecule has 0 unspecified atom stereocenters. The monoisotopic (exact) mass is 447 g/mol. The summed E-state index contributed by atoms with van der Waals surface area (Å²) in [5.41, 5.74) is 0.788. The minimum absolute atomic E-state index is 0.0343. The lowest BCUT2D eigenvalue weighted by Crippen LogP contribution is -2.15. The molecule has 0 spiro atoms. The van der Waals surface area contributed by atoms with E-state index in [-0.39, 0.29) is 16.1 Å². The van der Waals surface area contributed by atoms with Crippen LogP contribution in [0.15, 0.2) is 65.8 Å². The Kier molecular flexibility index (Phi) is 6.43. The first kappa shape index (κ1) is 21.4. The van der Waals surface area contributed by atoms with Crippen LogP contribution in [0.2, 0.25) is 5.02 Å². The predicted molar refractivity (Wildman–Crippen MR) is 114 cm³/mol. The molecule has 10 heteroatoms. The molecule has 0 bridgehead atoms. The Labute approximate surface area is 178 Å². The van der Waals surface area contributed by atoms with Crippen molar-refractivity contribution in [3.8, 4) is 11.5 Å². The molecule has 156 valence electrons. The van der Waals surface area contributed by atoms with E-state index in [2.05, 4.69) is 15.0 Å². The van der Waals surface area contributed by atoms with Gasteiger partial charge in [-0.1, -0.05) is 11.6 Å². The molecule has 1 heterocycles. The summed E-state index contributed by atoms with van der Waals surface area (Å²) in [6.07, 6.45) is 2.64. The van der Waals surface area contributed by atoms with Gasteiger partial charge in [0.1, 0.15) is 0 Å². The number of rotatable bonds is 7. The van der Waals surface area contributed by atoms with E-state index in [4.69, 9.17) is 21.1 Å². The second kappa shape index (κ2) is 9.02. The zero-order valence-corrected chi connectivity index (χ0v) is 17.6. The van der Waals surface area contributed by atoms with Gasteiger partial charge in [-0.05, 0) is 42.5 Å². The molecule has 0 aliphatic carbocycles. The maximum Gasteiger partial charge on any atom is 0.261 e. The highest BCUT2D eigenvalue weighted by Crippen LogP contribution is 2.30. The number of aromatic nitrogens is 1. The van der Waals surface area contributed by atoms with Gasteiger partial charge in [0.05, 0.1) is 36.6 Å². The largest absolute Gasteiger partial charge is 0.493 e. The minimum atomic E-state index is -3.86. The standard InChI is InChI=1S/C20H18ClN3O5S/c1-28-18-8-5-15(10-19(18)29-2)23-20(25)13-9-16(12-22-11-13)24-30(26,27)17-6-3-14(21)4-7-17/h3-12,24H,1-2H3,(H,23,25). The van der Waals surface area contributed by atoms with Gasteiger partial charge in [0.25, 0.3) is 15.9 Å². The van der Waals surface area contributed by atoms with Gasteiger partial charge >= 0.3 is 0 Å². The molecule has 3 rings (SSSR count). The number of amides is 1. The van der Waals surface area contributed by atoms with Crippen LogP contribution in [0.25, 0.3) is 0 Å². The molecule has 0 saturated heterocycles. The van der Waals surface area contributed by atoms with Gasteiger partial charge in [0.2, 0.25) is 0 Å². The number of halogens is 1. The van der Waals surface area contributed by atoms with Crippen LogP contribution in [0.1, 0.15) is 10.4 Å². The Morgan fingerprint density at radius 3 is 2.30 bits per heavy atom. The van der Waals surface area contributed by atoms with Crippen molar-refractivity contribution < 1.29 is 22.7 Å². The summed E-state index contributed by atoms with van der Waals surface area (Å²) in [5, 5.41) is 3.13. The van der Waals surface area contributed by atoms with E-state index in [1.54, 1.807) is 18.2 Å². The number of hydrogen-bond donors (Lipinski definition) is 2. The summed E-state index contributed by atoms with van der Waals surface area (Å²) in [6.45, 7) is 0. The first-order valence-electron chi connectivity index (χ1n) is 8.59. The molecule has 0 fully saturated rings. The van der Waals surface area contributed by atoms with Crippen LogP contribution in [0.4, 0.5) is 11.4 Å². The lowest BCUT2D eigenvalue weighted by atomic mass is 10.2. The van der Waals surface area contributed by atoms with Crippen LogP contribution in [0.5, 0.6) is 11.5 Å². The topological polar surface area (TPSA) is 107 Å². The van der Waals surface area contributed by atoms with Crippen LogP contribution >= 0.6 is 11.6 Å². The lowest BCUT2D eigenvalue weighted by molar-refractivity contribution is 0.102. The molecular formula is C20H18ClN3O5S. The zero-order valence-electron chi connectivity index (χ0n) is 16.0. The molecule has 0 aliphatic heterocycles. The molecule has 2 N–H and O–H groups in total. The number of nitrogens with one attached hydrogen (secondary N) is 2.